The summed E-state index contributed by atoms with van der Waals surface area (Å²) < 4.78 is 5.87. The highest BCUT2D eigenvalue weighted by Crippen LogP contribution is 2.27. The van der Waals surface area contributed by atoms with E-state index in [9.17, 15) is 9.59 Å². The van der Waals surface area contributed by atoms with Gasteiger partial charge in [-0.05, 0) is 54.1 Å². The van der Waals surface area contributed by atoms with Gasteiger partial charge in [-0.25, -0.2) is 9.78 Å². The molecule has 7 nitrogen and oxygen atoms in total. The van der Waals surface area contributed by atoms with Crippen LogP contribution in [0.2, 0.25) is 0 Å². The summed E-state index contributed by atoms with van der Waals surface area (Å²) in [5, 5.41) is 8.34. The molecular weight excluding hydrogens is 436 g/mol. The van der Waals surface area contributed by atoms with Crippen LogP contribution in [-0.2, 0) is 4.79 Å². The van der Waals surface area contributed by atoms with Crippen molar-refractivity contribution in [1.29, 1.82) is 0 Å². The maximum Gasteiger partial charge on any atom is 0.312 e. The number of nitrogens with one attached hydrogen (secondary N) is 2. The zero-order valence-corrected chi connectivity index (χ0v) is 18.4. The van der Waals surface area contributed by atoms with Crippen molar-refractivity contribution in [3.05, 3.63) is 96.0 Å². The van der Waals surface area contributed by atoms with Gasteiger partial charge in [0.25, 0.3) is 0 Å². The monoisotopic (exact) mass is 458 g/mol. The smallest absolute Gasteiger partial charge is 0.312 e. The third kappa shape index (κ3) is 6.18. The van der Waals surface area contributed by atoms with Gasteiger partial charge in [-0.2, -0.15) is 0 Å². The van der Waals surface area contributed by atoms with Crippen LogP contribution in [0.15, 0.2) is 90.4 Å². The number of benzene rings is 3. The van der Waals surface area contributed by atoms with Gasteiger partial charge in [0.2, 0.25) is 5.91 Å². The normalized spacial score (nSPS) is 11.4. The van der Waals surface area contributed by atoms with Crippen LogP contribution in [0.5, 0.6) is 11.5 Å². The number of hydrogen-bond acceptors (Lipinski definition) is 5. The van der Waals surface area contributed by atoms with Gasteiger partial charge in [0, 0.05) is 22.8 Å². The minimum absolute atomic E-state index is 0.00591. The highest BCUT2D eigenvalue weighted by molar-refractivity contribution is 7.13. The number of primary amides is 1. The van der Waals surface area contributed by atoms with E-state index < -0.39 is 12.1 Å². The lowest BCUT2D eigenvalue weighted by Gasteiger charge is -2.19. The minimum atomic E-state index is -0.713. The summed E-state index contributed by atoms with van der Waals surface area (Å²) in [6, 6.07) is 22.7. The Kier molecular flexibility index (Phi) is 6.96. The lowest BCUT2D eigenvalue weighted by Crippen LogP contribution is -2.35. The summed E-state index contributed by atoms with van der Waals surface area (Å²) in [4.78, 5) is 28.6. The fraction of sp³-hybridized carbons (Fsp3) is 0.0800. The number of nitrogens with zero attached hydrogens (tertiary/aromatic N) is 1. The van der Waals surface area contributed by atoms with E-state index in [0.29, 0.717) is 22.7 Å². The second-order valence-electron chi connectivity index (χ2n) is 7.22. The van der Waals surface area contributed by atoms with E-state index in [4.69, 9.17) is 10.5 Å². The van der Waals surface area contributed by atoms with E-state index in [-0.39, 0.29) is 12.3 Å². The van der Waals surface area contributed by atoms with Gasteiger partial charge in [-0.3, -0.25) is 4.79 Å². The van der Waals surface area contributed by atoms with E-state index in [1.807, 2.05) is 72.1 Å². The van der Waals surface area contributed by atoms with E-state index in [1.165, 1.54) is 0 Å². The summed E-state index contributed by atoms with van der Waals surface area (Å²) >= 11 is 1.55. The standard InChI is InChI=1S/C25H22N4O3S/c26-25(31)29-22(18-5-4-8-21(15-18)32-20-6-2-1-3-7-20)16-23(30)28-19-11-9-17(10-12-19)24-27-13-14-33-24/h1-15,22H,16H2,(H,28,30)(H3,26,29,31). The van der Waals surface area contributed by atoms with Crippen molar-refractivity contribution in [3.63, 3.8) is 0 Å². The van der Waals surface area contributed by atoms with Crippen LogP contribution in [0.1, 0.15) is 18.0 Å². The van der Waals surface area contributed by atoms with Gasteiger partial charge >= 0.3 is 6.03 Å². The molecule has 0 aliphatic heterocycles. The first-order valence-electron chi connectivity index (χ1n) is 10.3. The number of para-hydroxylation sites is 1. The Labute approximate surface area is 195 Å². The van der Waals surface area contributed by atoms with E-state index in [2.05, 4.69) is 15.6 Å². The molecule has 4 rings (SSSR count). The van der Waals surface area contributed by atoms with Gasteiger partial charge in [0.05, 0.1) is 12.5 Å². The Morgan fingerprint density at radius 2 is 1.73 bits per heavy atom. The van der Waals surface area contributed by atoms with E-state index in [0.717, 1.165) is 10.6 Å². The largest absolute Gasteiger partial charge is 0.457 e. The molecule has 4 N–H and O–H groups in total. The number of carbonyl (C=O) groups excluding carboxylic acids is 2. The van der Waals surface area contributed by atoms with Crippen molar-refractivity contribution < 1.29 is 14.3 Å². The maximum absolute atomic E-state index is 12.7. The number of aromatic nitrogens is 1. The molecule has 0 fully saturated rings. The number of carbonyl (C=O) groups is 2. The van der Waals surface area contributed by atoms with Crippen LogP contribution >= 0.6 is 11.3 Å². The Morgan fingerprint density at radius 3 is 2.42 bits per heavy atom. The molecule has 0 spiro atoms. The average Bonchev–Trinajstić information content (AvgIpc) is 3.35. The number of anilines is 1. The maximum atomic E-state index is 12.7. The molecule has 0 saturated carbocycles. The molecule has 1 aromatic heterocycles. The number of hydrogen-bond donors (Lipinski definition) is 3. The van der Waals surface area contributed by atoms with Gasteiger partial charge in [-0.1, -0.05) is 30.3 Å². The van der Waals surface area contributed by atoms with E-state index >= 15 is 0 Å². The topological polar surface area (TPSA) is 106 Å². The molecule has 3 aromatic carbocycles. The van der Waals surface area contributed by atoms with Crippen LogP contribution in [0.4, 0.5) is 10.5 Å². The van der Waals surface area contributed by atoms with Crippen LogP contribution in [0.3, 0.4) is 0 Å². The number of thiazole rings is 1. The quantitative estimate of drug-likeness (QED) is 0.331. The number of nitrogens with two attached hydrogens (primary N) is 1. The third-order valence-electron chi connectivity index (χ3n) is 4.79. The van der Waals surface area contributed by atoms with Crippen molar-refractivity contribution in [3.8, 4) is 22.1 Å². The van der Waals surface area contributed by atoms with Crippen molar-refractivity contribution in [1.82, 2.24) is 10.3 Å². The van der Waals surface area contributed by atoms with Gasteiger partial charge in [-0.15, -0.1) is 11.3 Å². The number of ether oxygens (including phenoxy) is 1. The van der Waals surface area contributed by atoms with E-state index in [1.54, 1.807) is 29.7 Å². The Bertz CT molecular complexity index is 1210. The first-order chi connectivity index (χ1) is 16.1. The Morgan fingerprint density at radius 1 is 0.970 bits per heavy atom. The fourth-order valence-corrected chi connectivity index (χ4v) is 3.95. The van der Waals surface area contributed by atoms with Gasteiger partial charge in [0.15, 0.2) is 0 Å². The van der Waals surface area contributed by atoms with Crippen molar-refractivity contribution in [2.45, 2.75) is 12.5 Å². The fourth-order valence-electron chi connectivity index (χ4n) is 3.30. The molecule has 1 heterocycles. The minimum Gasteiger partial charge on any atom is -0.457 e. The van der Waals surface area contributed by atoms with Crippen molar-refractivity contribution in [2.75, 3.05) is 5.32 Å². The summed E-state index contributed by atoms with van der Waals surface area (Å²) in [6.07, 6.45) is 1.76. The molecular formula is C25H22N4O3S. The van der Waals surface area contributed by atoms with Crippen molar-refractivity contribution in [2.24, 2.45) is 5.73 Å². The molecule has 1 atom stereocenters. The summed E-state index contributed by atoms with van der Waals surface area (Å²) in [7, 11) is 0. The molecule has 0 radical (unpaired) electrons. The number of urea groups is 1. The zero-order valence-electron chi connectivity index (χ0n) is 17.6. The molecule has 1 unspecified atom stereocenters. The SMILES string of the molecule is NC(=O)NC(CC(=O)Nc1ccc(-c2nccs2)cc1)c1cccc(Oc2ccccc2)c1. The molecule has 33 heavy (non-hydrogen) atoms. The van der Waals surface area contributed by atoms with Crippen molar-refractivity contribution >= 4 is 29.0 Å². The molecule has 8 heteroatoms. The second kappa shape index (κ2) is 10.4. The van der Waals surface area contributed by atoms with Gasteiger partial charge < -0.3 is 21.1 Å². The van der Waals surface area contributed by atoms with Gasteiger partial charge in [0.1, 0.15) is 16.5 Å². The molecule has 0 saturated heterocycles. The molecule has 3 amide bonds. The number of rotatable bonds is 8. The lowest BCUT2D eigenvalue weighted by atomic mass is 10.0. The summed E-state index contributed by atoms with van der Waals surface area (Å²) in [6.45, 7) is 0. The summed E-state index contributed by atoms with van der Waals surface area (Å²) in [5.74, 6) is 1.02. The number of amides is 3. The Hall–Kier alpha value is -4.17. The van der Waals surface area contributed by atoms with Crippen LogP contribution in [0, 0.1) is 0 Å². The first kappa shape index (κ1) is 22.0. The molecule has 166 valence electrons. The molecule has 0 bridgehead atoms. The highest BCUT2D eigenvalue weighted by Gasteiger charge is 2.18. The highest BCUT2D eigenvalue weighted by atomic mass is 32.1. The van der Waals surface area contributed by atoms with Crippen LogP contribution in [0.25, 0.3) is 10.6 Å². The second-order valence-corrected chi connectivity index (χ2v) is 8.11. The average molecular weight is 459 g/mol. The zero-order chi connectivity index (χ0) is 23.0. The predicted octanol–water partition coefficient (Wildman–Crippen LogP) is 5.34. The first-order valence-corrected chi connectivity index (χ1v) is 11.1. The molecule has 0 aliphatic carbocycles. The van der Waals surface area contributed by atoms with Crippen LogP contribution < -0.4 is 21.1 Å². The Balaban J connectivity index is 1.44. The summed E-state index contributed by atoms with van der Waals surface area (Å²) in [5.41, 5.74) is 7.70. The molecule has 4 aromatic rings. The van der Waals surface area contributed by atoms with Crippen LogP contribution in [-0.4, -0.2) is 16.9 Å². The molecule has 0 aliphatic rings. The lowest BCUT2D eigenvalue weighted by molar-refractivity contribution is -0.116. The third-order valence-corrected chi connectivity index (χ3v) is 5.62. The predicted molar refractivity (Wildman–Crippen MR) is 129 cm³/mol.